The third-order valence-corrected chi connectivity index (χ3v) is 8.87. The number of hydrazine groups is 1. The number of thiazole rings is 1. The van der Waals surface area contributed by atoms with E-state index >= 15 is 0 Å². The minimum absolute atomic E-state index is 0.00435. The molecule has 42 heavy (non-hydrogen) atoms. The number of nitrogens with one attached hydrogen (secondary N) is 3. The van der Waals surface area contributed by atoms with Gasteiger partial charge in [-0.05, 0) is 42.2 Å². The maximum atomic E-state index is 14.4. The molecule has 1 aromatic heterocycles. The predicted molar refractivity (Wildman–Crippen MR) is 155 cm³/mol. The summed E-state index contributed by atoms with van der Waals surface area (Å²) in [6.45, 7) is 5.10. The van der Waals surface area contributed by atoms with Crippen LogP contribution in [-0.2, 0) is 28.1 Å². The quantitative estimate of drug-likeness (QED) is 0.370. The van der Waals surface area contributed by atoms with E-state index in [1.54, 1.807) is 31.0 Å². The first-order valence-electron chi connectivity index (χ1n) is 13.8. The monoisotopic (exact) mass is 592 g/mol. The van der Waals surface area contributed by atoms with Crippen LogP contribution in [0, 0.1) is 18.7 Å². The van der Waals surface area contributed by atoms with Crippen LogP contribution in [0.3, 0.4) is 0 Å². The van der Waals surface area contributed by atoms with Crippen molar-refractivity contribution in [1.29, 1.82) is 0 Å². The first-order chi connectivity index (χ1) is 20.1. The normalized spacial score (nSPS) is 19.0. The Morgan fingerprint density at radius 3 is 2.57 bits per heavy atom. The molecule has 10 nitrogen and oxygen atoms in total. The lowest BCUT2D eigenvalue weighted by Gasteiger charge is -2.38. The van der Waals surface area contributed by atoms with Crippen molar-refractivity contribution in [3.63, 3.8) is 0 Å². The van der Waals surface area contributed by atoms with E-state index in [2.05, 4.69) is 20.9 Å². The van der Waals surface area contributed by atoms with E-state index in [-0.39, 0.29) is 34.7 Å². The number of hydrogen-bond donors (Lipinski definition) is 3. The van der Waals surface area contributed by atoms with Gasteiger partial charge in [0.1, 0.15) is 10.7 Å². The van der Waals surface area contributed by atoms with Gasteiger partial charge in [0.2, 0.25) is 5.91 Å². The molecule has 0 bridgehead atoms. The Balaban J connectivity index is 1.42. The van der Waals surface area contributed by atoms with Gasteiger partial charge in [-0.3, -0.25) is 24.2 Å². The van der Waals surface area contributed by atoms with E-state index in [1.807, 2.05) is 29.3 Å². The number of fused-ring (bicyclic) bond motifs is 2. The molecule has 12 heteroatoms. The van der Waals surface area contributed by atoms with E-state index in [0.29, 0.717) is 29.9 Å². The van der Waals surface area contributed by atoms with Crippen molar-refractivity contribution in [3.05, 3.63) is 86.6 Å². The molecule has 1 saturated heterocycles. The zero-order valence-corrected chi connectivity index (χ0v) is 24.5. The van der Waals surface area contributed by atoms with Gasteiger partial charge >= 0.3 is 0 Å². The van der Waals surface area contributed by atoms with Gasteiger partial charge in [-0.1, -0.05) is 43.3 Å². The number of amides is 4. The van der Waals surface area contributed by atoms with Crippen LogP contribution in [-0.4, -0.2) is 65.3 Å². The van der Waals surface area contributed by atoms with Crippen LogP contribution in [0.4, 0.5) is 4.39 Å². The summed E-state index contributed by atoms with van der Waals surface area (Å²) >= 11 is 0.977. The molecule has 2 atom stereocenters. The van der Waals surface area contributed by atoms with Gasteiger partial charge in [0.05, 0.1) is 11.6 Å². The van der Waals surface area contributed by atoms with E-state index in [0.717, 1.165) is 29.9 Å². The van der Waals surface area contributed by atoms with Crippen molar-refractivity contribution in [1.82, 2.24) is 31.0 Å². The Bertz CT molecular complexity index is 1530. The number of aromatic nitrogens is 1. The van der Waals surface area contributed by atoms with Crippen LogP contribution in [0.1, 0.15) is 55.2 Å². The maximum absolute atomic E-state index is 14.4. The lowest BCUT2D eigenvalue weighted by Crippen LogP contribution is -2.60. The Hall–Kier alpha value is -4.16. The molecule has 3 heterocycles. The fraction of sp³-hybridized carbons (Fsp3) is 0.367. The molecule has 5 rings (SSSR count). The molecule has 4 amide bonds. The minimum atomic E-state index is -1.44. The number of rotatable bonds is 8. The van der Waals surface area contributed by atoms with Crippen molar-refractivity contribution in [3.8, 4) is 0 Å². The van der Waals surface area contributed by atoms with E-state index in [9.17, 15) is 23.6 Å². The highest BCUT2D eigenvalue weighted by atomic mass is 32.1. The molecule has 3 N–H and O–H groups in total. The number of halogens is 1. The van der Waals surface area contributed by atoms with E-state index in [1.165, 1.54) is 19.2 Å². The molecular formula is C30H33FN6O4S. The molecule has 2 aliphatic rings. The fourth-order valence-electron chi connectivity index (χ4n) is 5.47. The Morgan fingerprint density at radius 2 is 1.83 bits per heavy atom. The van der Waals surface area contributed by atoms with Crippen molar-refractivity contribution in [2.24, 2.45) is 5.92 Å². The molecule has 0 aliphatic carbocycles. The number of hydrogen-bond acceptors (Lipinski definition) is 7. The first kappa shape index (κ1) is 29.3. The Labute approximate surface area is 247 Å². The van der Waals surface area contributed by atoms with Crippen LogP contribution in [0.2, 0.25) is 0 Å². The summed E-state index contributed by atoms with van der Waals surface area (Å²) in [7, 11) is 1.49. The van der Waals surface area contributed by atoms with Gasteiger partial charge in [0.15, 0.2) is 10.5 Å². The molecule has 0 radical (unpaired) electrons. The summed E-state index contributed by atoms with van der Waals surface area (Å²) in [6, 6.07) is 13.5. The van der Waals surface area contributed by atoms with Crippen molar-refractivity contribution in [2.75, 3.05) is 26.7 Å². The van der Waals surface area contributed by atoms with Crippen molar-refractivity contribution >= 4 is 35.0 Å². The van der Waals surface area contributed by atoms with Crippen LogP contribution in [0.15, 0.2) is 48.5 Å². The van der Waals surface area contributed by atoms with Gasteiger partial charge in [-0.15, -0.1) is 11.3 Å². The summed E-state index contributed by atoms with van der Waals surface area (Å²) < 4.78 is 13.8. The molecule has 0 unspecified atom stereocenters. The summed E-state index contributed by atoms with van der Waals surface area (Å²) in [5, 5.41) is 12.2. The van der Waals surface area contributed by atoms with Gasteiger partial charge < -0.3 is 16.0 Å². The first-order valence-corrected chi connectivity index (χ1v) is 14.6. The molecule has 0 spiro atoms. The zero-order valence-electron chi connectivity index (χ0n) is 23.7. The molecule has 220 valence electrons. The summed E-state index contributed by atoms with van der Waals surface area (Å²) in [5.41, 5.74) is 1.29. The van der Waals surface area contributed by atoms with Gasteiger partial charge in [0, 0.05) is 39.6 Å². The van der Waals surface area contributed by atoms with Crippen LogP contribution < -0.4 is 16.0 Å². The lowest BCUT2D eigenvalue weighted by molar-refractivity contribution is -0.153. The second kappa shape index (κ2) is 12.0. The number of carbonyl (C=O) groups is 4. The number of benzene rings is 2. The maximum Gasteiger partial charge on any atom is 0.280 e. The highest BCUT2D eigenvalue weighted by Crippen LogP contribution is 2.37. The van der Waals surface area contributed by atoms with E-state index in [4.69, 9.17) is 0 Å². The number of nitrogens with zero attached hydrogens (tertiary/aromatic N) is 3. The third-order valence-electron chi connectivity index (χ3n) is 7.72. The smallest absolute Gasteiger partial charge is 0.280 e. The predicted octanol–water partition coefficient (Wildman–Crippen LogP) is 2.53. The molecule has 3 aromatic rings. The molecular weight excluding hydrogens is 559 g/mol. The Kier molecular flexibility index (Phi) is 8.37. The second-order valence-electron chi connectivity index (χ2n) is 10.6. The Morgan fingerprint density at radius 1 is 1.10 bits per heavy atom. The van der Waals surface area contributed by atoms with E-state index < -0.39 is 29.1 Å². The second-order valence-corrected chi connectivity index (χ2v) is 11.6. The van der Waals surface area contributed by atoms with Crippen molar-refractivity contribution in [2.45, 2.75) is 38.8 Å². The number of carbonyl (C=O) groups excluding carboxylic acids is 4. The number of aryl methyl sites for hydroxylation is 1. The highest BCUT2D eigenvalue weighted by Gasteiger charge is 2.50. The minimum Gasteiger partial charge on any atom is -0.353 e. The van der Waals surface area contributed by atoms with Crippen LogP contribution in [0.5, 0.6) is 0 Å². The highest BCUT2D eigenvalue weighted by molar-refractivity contribution is 7.15. The summed E-state index contributed by atoms with van der Waals surface area (Å²) in [4.78, 5) is 57.5. The molecule has 2 aromatic carbocycles. The average molecular weight is 593 g/mol. The van der Waals surface area contributed by atoms with Gasteiger partial charge in [-0.25, -0.2) is 14.4 Å². The molecule has 0 saturated carbocycles. The standard InChI is InChI=1S/C30H33FN6O4S/c1-18(16-33-26(39)24-19(2)34-28(42-24)27(40)32-3)25(38)35-30(15-20-9-11-22(31)12-10-20)23-8-5-4-7-21(23)17-36-13-6-14-37(36)29(30)41/h4-5,7-12,18H,6,13-17H2,1-3H3,(H,32,40)(H,33,39)(H,35,38)/t18-,30-/m1/s1. The van der Waals surface area contributed by atoms with Crippen LogP contribution in [0.25, 0.3) is 0 Å². The fourth-order valence-corrected chi connectivity index (χ4v) is 6.40. The topological polar surface area (TPSA) is 124 Å². The largest absolute Gasteiger partial charge is 0.353 e. The molecule has 1 fully saturated rings. The zero-order chi connectivity index (χ0) is 30.0. The SMILES string of the molecule is CNC(=O)c1nc(C)c(C(=O)NC[C@@H](C)C(=O)N[C@@]2(Cc3ccc(F)cc3)C(=O)N3CCCN3Cc3ccccc32)s1. The third kappa shape index (κ3) is 5.64. The average Bonchev–Trinajstić information content (AvgIpc) is 3.60. The van der Waals surface area contributed by atoms with Crippen molar-refractivity contribution < 1.29 is 23.6 Å². The summed E-state index contributed by atoms with van der Waals surface area (Å²) in [6.07, 6.45) is 0.941. The van der Waals surface area contributed by atoms with Gasteiger partial charge in [-0.2, -0.15) is 0 Å². The summed E-state index contributed by atoms with van der Waals surface area (Å²) in [5.74, 6) is -2.58. The van der Waals surface area contributed by atoms with Crippen LogP contribution >= 0.6 is 11.3 Å². The lowest BCUT2D eigenvalue weighted by atomic mass is 9.80. The molecule has 2 aliphatic heterocycles. The van der Waals surface area contributed by atoms with Gasteiger partial charge in [0.25, 0.3) is 17.7 Å².